The van der Waals surface area contributed by atoms with E-state index in [1.54, 1.807) is 0 Å². The van der Waals surface area contributed by atoms with E-state index in [9.17, 15) is 24.0 Å². The number of morpholine rings is 2. The Hall–Kier alpha value is -4.75. The van der Waals surface area contributed by atoms with Crippen LogP contribution in [0, 0.1) is 17.8 Å². The largest absolute Gasteiger partial charge is 0.480 e. The van der Waals surface area contributed by atoms with Gasteiger partial charge in [0.15, 0.2) is 5.78 Å². The molecule has 5 rings (SSSR count). The molecule has 12 nitrogen and oxygen atoms in total. The van der Waals surface area contributed by atoms with Crippen molar-refractivity contribution in [3.05, 3.63) is 108 Å². The summed E-state index contributed by atoms with van der Waals surface area (Å²) in [6.07, 6.45) is 1.92. The topological polar surface area (TPSA) is 152 Å². The number of carboxylic acid groups (broad SMARTS) is 1. The minimum Gasteiger partial charge on any atom is -0.480 e. The molecule has 314 valence electrons. The molecule has 0 unspecified atom stereocenters. The van der Waals surface area contributed by atoms with Gasteiger partial charge in [-0.15, -0.1) is 0 Å². The summed E-state index contributed by atoms with van der Waals surface area (Å²) in [5.41, 5.74) is 2.88. The molecule has 0 aliphatic carbocycles. The van der Waals surface area contributed by atoms with Gasteiger partial charge in [0.2, 0.25) is 5.91 Å². The Kier molecular flexibility index (Phi) is 20.3. The van der Waals surface area contributed by atoms with Crippen LogP contribution in [0.3, 0.4) is 0 Å². The van der Waals surface area contributed by atoms with E-state index in [1.165, 1.54) is 0 Å². The Morgan fingerprint density at radius 3 is 1.74 bits per heavy atom. The highest BCUT2D eigenvalue weighted by Crippen LogP contribution is 2.21. The number of esters is 1. The Balaban J connectivity index is 0.000000648. The van der Waals surface area contributed by atoms with Crippen LogP contribution in [0.1, 0.15) is 56.2 Å². The molecule has 1 amide bonds. The van der Waals surface area contributed by atoms with E-state index < -0.39 is 29.8 Å². The zero-order valence-corrected chi connectivity index (χ0v) is 34.1. The number of amides is 1. The maximum absolute atomic E-state index is 14.0. The van der Waals surface area contributed by atoms with Crippen LogP contribution in [0.15, 0.2) is 91.0 Å². The second-order valence-electron chi connectivity index (χ2n) is 15.5. The lowest BCUT2D eigenvalue weighted by Crippen LogP contribution is -2.46. The van der Waals surface area contributed by atoms with Gasteiger partial charge in [-0.2, -0.15) is 0 Å². The van der Waals surface area contributed by atoms with Gasteiger partial charge in [-0.1, -0.05) is 105 Å². The summed E-state index contributed by atoms with van der Waals surface area (Å²) in [4.78, 5) is 68.6. The molecule has 2 aliphatic heterocycles. The molecule has 2 fully saturated rings. The molecule has 0 saturated carbocycles. The van der Waals surface area contributed by atoms with Gasteiger partial charge in [0.1, 0.15) is 12.4 Å². The first kappa shape index (κ1) is 45.9. The number of carbonyl (C=O) groups excluding carboxylic acids is 4. The fourth-order valence-corrected chi connectivity index (χ4v) is 7.01. The van der Waals surface area contributed by atoms with Crippen LogP contribution in [-0.2, 0) is 57.6 Å². The standard InChI is InChI=1S/C40H50N2O6.C6H11NO3/c1-30(2)24-37(38(44)27-35(25-32-14-8-4-9-15-32)40(46)48-29-33-16-10-5-11-17-33)41-39(45)34(19-18-31-12-6-3-7-13-31)26-36(43)28-42-20-22-47-23-21-42;8-6(9)5-7-1-3-10-4-2-7/h3-17,30,34-35,37H,18-29H2,1-2H3,(H,41,45);1-5H2,(H,8,9)/t34-,35-,37+;/m1./s1. The van der Waals surface area contributed by atoms with Crippen molar-refractivity contribution in [2.24, 2.45) is 17.8 Å². The van der Waals surface area contributed by atoms with Crippen LogP contribution in [-0.4, -0.2) is 116 Å². The van der Waals surface area contributed by atoms with Gasteiger partial charge >= 0.3 is 11.9 Å². The second kappa shape index (κ2) is 25.6. The average molecular weight is 800 g/mol. The number of ether oxygens (including phenoxy) is 3. The van der Waals surface area contributed by atoms with Crippen molar-refractivity contribution in [2.45, 2.75) is 65.0 Å². The highest BCUT2D eigenvalue weighted by Gasteiger charge is 2.32. The van der Waals surface area contributed by atoms with Gasteiger partial charge < -0.3 is 24.6 Å². The normalized spacial score (nSPS) is 16.3. The molecular formula is C46H61N3O9. The second-order valence-corrected chi connectivity index (χ2v) is 15.5. The SMILES string of the molecule is CC(C)C[C@H](NC(=O)[C@H](CCc1ccccc1)CC(=O)CN1CCOCC1)C(=O)C[C@@H](Cc1ccccc1)C(=O)OCc1ccccc1.O=C(O)CN1CCOCC1. The van der Waals surface area contributed by atoms with Gasteiger partial charge in [-0.3, -0.25) is 33.8 Å². The van der Waals surface area contributed by atoms with E-state index >= 15 is 0 Å². The number of nitrogens with one attached hydrogen (secondary N) is 1. The summed E-state index contributed by atoms with van der Waals surface area (Å²) in [6, 6.07) is 28.1. The van der Waals surface area contributed by atoms with E-state index in [2.05, 4.69) is 10.2 Å². The fourth-order valence-electron chi connectivity index (χ4n) is 7.01. The van der Waals surface area contributed by atoms with Crippen LogP contribution in [0.25, 0.3) is 0 Å². The highest BCUT2D eigenvalue weighted by molar-refractivity contribution is 5.93. The molecule has 2 N–H and O–H groups in total. The number of aliphatic carboxylic acids is 1. The summed E-state index contributed by atoms with van der Waals surface area (Å²) in [5.74, 6) is -2.90. The number of ketones is 2. The van der Waals surface area contributed by atoms with Crippen molar-refractivity contribution in [3.8, 4) is 0 Å². The molecule has 0 aromatic heterocycles. The molecule has 0 radical (unpaired) electrons. The molecule has 2 heterocycles. The number of Topliss-reactive ketones (excluding diaryl/α,β-unsaturated/α-hetero) is 2. The lowest BCUT2D eigenvalue weighted by Gasteiger charge is -2.27. The average Bonchev–Trinajstić information content (AvgIpc) is 3.22. The summed E-state index contributed by atoms with van der Waals surface area (Å²) in [6.45, 7) is 9.91. The molecule has 0 spiro atoms. The maximum Gasteiger partial charge on any atom is 0.317 e. The summed E-state index contributed by atoms with van der Waals surface area (Å²) in [7, 11) is 0. The van der Waals surface area contributed by atoms with Crippen molar-refractivity contribution < 1.29 is 43.3 Å². The molecule has 12 heteroatoms. The van der Waals surface area contributed by atoms with Crippen molar-refractivity contribution in [2.75, 3.05) is 65.7 Å². The van der Waals surface area contributed by atoms with Crippen molar-refractivity contribution in [1.29, 1.82) is 0 Å². The summed E-state index contributed by atoms with van der Waals surface area (Å²) < 4.78 is 16.2. The lowest BCUT2D eigenvalue weighted by molar-refractivity contribution is -0.151. The third-order valence-electron chi connectivity index (χ3n) is 10.2. The van der Waals surface area contributed by atoms with Gasteiger partial charge in [-0.05, 0) is 48.3 Å². The maximum atomic E-state index is 14.0. The van der Waals surface area contributed by atoms with E-state index in [0.717, 1.165) is 29.8 Å². The quantitative estimate of drug-likeness (QED) is 0.140. The predicted molar refractivity (Wildman–Crippen MR) is 221 cm³/mol. The zero-order chi connectivity index (χ0) is 41.5. The third-order valence-corrected chi connectivity index (χ3v) is 10.2. The number of hydrogen-bond acceptors (Lipinski definition) is 10. The minimum atomic E-state index is -0.786. The van der Waals surface area contributed by atoms with Gasteiger partial charge in [0.25, 0.3) is 0 Å². The molecule has 3 atom stereocenters. The Morgan fingerprint density at radius 1 is 0.690 bits per heavy atom. The zero-order valence-electron chi connectivity index (χ0n) is 34.1. The van der Waals surface area contributed by atoms with Crippen LogP contribution in [0.4, 0.5) is 0 Å². The van der Waals surface area contributed by atoms with Crippen LogP contribution < -0.4 is 5.32 Å². The van der Waals surface area contributed by atoms with Crippen molar-refractivity contribution in [3.63, 3.8) is 0 Å². The first-order chi connectivity index (χ1) is 28.0. The smallest absolute Gasteiger partial charge is 0.317 e. The van der Waals surface area contributed by atoms with E-state index in [1.807, 2.05) is 110 Å². The van der Waals surface area contributed by atoms with E-state index in [-0.39, 0.29) is 55.9 Å². The van der Waals surface area contributed by atoms with Crippen LogP contribution in [0.2, 0.25) is 0 Å². The molecule has 58 heavy (non-hydrogen) atoms. The number of carboxylic acids is 1. The first-order valence-electron chi connectivity index (χ1n) is 20.5. The van der Waals surface area contributed by atoms with E-state index in [0.29, 0.717) is 65.2 Å². The van der Waals surface area contributed by atoms with Crippen LogP contribution in [0.5, 0.6) is 0 Å². The number of carbonyl (C=O) groups is 5. The fraction of sp³-hybridized carbons (Fsp3) is 0.500. The minimum absolute atomic E-state index is 0.000865. The Bertz CT molecular complexity index is 1680. The van der Waals surface area contributed by atoms with Gasteiger partial charge in [0, 0.05) is 44.9 Å². The molecule has 2 saturated heterocycles. The van der Waals surface area contributed by atoms with E-state index in [4.69, 9.17) is 19.3 Å². The summed E-state index contributed by atoms with van der Waals surface area (Å²) in [5, 5.41) is 11.4. The molecule has 3 aromatic rings. The number of nitrogens with zero attached hydrogens (tertiary/aromatic N) is 2. The number of benzene rings is 3. The highest BCUT2D eigenvalue weighted by atomic mass is 16.5. The Labute approximate surface area is 343 Å². The van der Waals surface area contributed by atoms with Crippen molar-refractivity contribution in [1.82, 2.24) is 15.1 Å². The first-order valence-corrected chi connectivity index (χ1v) is 20.5. The lowest BCUT2D eigenvalue weighted by atomic mass is 9.88. The molecular weight excluding hydrogens is 739 g/mol. The van der Waals surface area contributed by atoms with Gasteiger partial charge in [-0.25, -0.2) is 0 Å². The van der Waals surface area contributed by atoms with Crippen molar-refractivity contribution >= 4 is 29.4 Å². The molecule has 3 aromatic carbocycles. The molecule has 0 bridgehead atoms. The number of hydrogen-bond donors (Lipinski definition) is 2. The Morgan fingerprint density at radius 2 is 1.21 bits per heavy atom. The predicted octanol–water partition coefficient (Wildman–Crippen LogP) is 5.02. The van der Waals surface area contributed by atoms with Gasteiger partial charge in [0.05, 0.1) is 51.5 Å². The number of rotatable bonds is 21. The monoisotopic (exact) mass is 799 g/mol. The van der Waals surface area contributed by atoms with Crippen LogP contribution >= 0.6 is 0 Å². The summed E-state index contributed by atoms with van der Waals surface area (Å²) >= 11 is 0. The molecule has 2 aliphatic rings. The number of aryl methyl sites for hydroxylation is 1. The third kappa shape index (κ3) is 17.8.